The Labute approximate surface area is 149 Å². The van der Waals surface area contributed by atoms with Gasteiger partial charge in [-0.05, 0) is 43.0 Å². The van der Waals surface area contributed by atoms with Crippen molar-refractivity contribution in [3.63, 3.8) is 0 Å². The van der Waals surface area contributed by atoms with Gasteiger partial charge in [-0.15, -0.1) is 0 Å². The van der Waals surface area contributed by atoms with Crippen LogP contribution in [0.3, 0.4) is 0 Å². The number of hydrogen-bond donors (Lipinski definition) is 4. The zero-order valence-corrected chi connectivity index (χ0v) is 15.2. The van der Waals surface area contributed by atoms with Crippen molar-refractivity contribution in [2.45, 2.75) is 45.4 Å². The number of methoxy groups -OCH3 is 1. The van der Waals surface area contributed by atoms with Crippen LogP contribution in [0.25, 0.3) is 0 Å². The number of hydrogen-bond acceptors (Lipinski definition) is 5. The highest BCUT2D eigenvalue weighted by Gasteiger charge is 2.24. The van der Waals surface area contributed by atoms with Crippen molar-refractivity contribution >= 4 is 17.5 Å². The van der Waals surface area contributed by atoms with Crippen LogP contribution >= 0.6 is 0 Å². The molecule has 25 heavy (non-hydrogen) atoms. The second-order valence-corrected chi connectivity index (χ2v) is 6.38. The van der Waals surface area contributed by atoms with E-state index in [-0.39, 0.29) is 17.7 Å². The van der Waals surface area contributed by atoms with Crippen LogP contribution in [0.15, 0.2) is 24.3 Å². The molecule has 0 aliphatic heterocycles. The van der Waals surface area contributed by atoms with Crippen molar-refractivity contribution in [1.29, 1.82) is 0 Å². The van der Waals surface area contributed by atoms with E-state index in [2.05, 4.69) is 10.6 Å². The van der Waals surface area contributed by atoms with Gasteiger partial charge in [0.05, 0.1) is 12.6 Å². The van der Waals surface area contributed by atoms with Gasteiger partial charge < -0.3 is 26.8 Å². The van der Waals surface area contributed by atoms with Gasteiger partial charge in [0.1, 0.15) is 6.04 Å². The van der Waals surface area contributed by atoms with Gasteiger partial charge in [0, 0.05) is 12.8 Å². The zero-order chi connectivity index (χ0) is 18.8. The van der Waals surface area contributed by atoms with E-state index < -0.39 is 12.1 Å². The molecule has 1 rings (SSSR count). The number of carbonyl (C=O) groups is 2. The SMILES string of the molecule is COCc1ccc(NC(=O)[C@H](CCCN)NC(=O)[C@@H](N)C(C)C)cc1. The first-order valence-corrected chi connectivity index (χ1v) is 8.53. The monoisotopic (exact) mass is 350 g/mol. The Balaban J connectivity index is 2.73. The van der Waals surface area contributed by atoms with Gasteiger partial charge in [-0.3, -0.25) is 9.59 Å². The highest BCUT2D eigenvalue weighted by Crippen LogP contribution is 2.12. The Kier molecular flexibility index (Phi) is 9.12. The number of benzene rings is 1. The van der Waals surface area contributed by atoms with Crippen molar-refractivity contribution in [2.24, 2.45) is 17.4 Å². The zero-order valence-electron chi connectivity index (χ0n) is 15.2. The van der Waals surface area contributed by atoms with Crippen LogP contribution < -0.4 is 22.1 Å². The van der Waals surface area contributed by atoms with Crippen LogP contribution in [0.4, 0.5) is 5.69 Å². The third kappa shape index (κ3) is 7.21. The summed E-state index contributed by atoms with van der Waals surface area (Å²) in [5.74, 6) is -0.619. The molecular formula is C18H30N4O3. The number of amides is 2. The summed E-state index contributed by atoms with van der Waals surface area (Å²) in [7, 11) is 1.63. The maximum absolute atomic E-state index is 12.5. The molecule has 0 aliphatic carbocycles. The van der Waals surface area contributed by atoms with Crippen LogP contribution in [-0.4, -0.2) is 37.6 Å². The number of nitrogens with one attached hydrogen (secondary N) is 2. The fourth-order valence-corrected chi connectivity index (χ4v) is 2.24. The molecule has 0 aromatic heterocycles. The molecule has 0 bridgehead atoms. The fourth-order valence-electron chi connectivity index (χ4n) is 2.24. The third-order valence-corrected chi connectivity index (χ3v) is 3.88. The molecular weight excluding hydrogens is 320 g/mol. The quantitative estimate of drug-likeness (QED) is 0.501. The highest BCUT2D eigenvalue weighted by molar-refractivity contribution is 5.97. The Morgan fingerprint density at radius 2 is 1.80 bits per heavy atom. The summed E-state index contributed by atoms with van der Waals surface area (Å²) in [6.45, 7) is 4.68. The van der Waals surface area contributed by atoms with Gasteiger partial charge in [0.2, 0.25) is 11.8 Å². The van der Waals surface area contributed by atoms with Crippen LogP contribution in [0.2, 0.25) is 0 Å². The van der Waals surface area contributed by atoms with Crippen LogP contribution in [0, 0.1) is 5.92 Å². The van der Waals surface area contributed by atoms with E-state index >= 15 is 0 Å². The summed E-state index contributed by atoms with van der Waals surface area (Å²) >= 11 is 0. The third-order valence-electron chi connectivity index (χ3n) is 3.88. The molecule has 2 atom stereocenters. The summed E-state index contributed by atoms with van der Waals surface area (Å²) in [6, 6.07) is 6.03. The molecule has 0 fully saturated rings. The Morgan fingerprint density at radius 3 is 2.32 bits per heavy atom. The van der Waals surface area contributed by atoms with E-state index in [1.807, 2.05) is 26.0 Å². The predicted molar refractivity (Wildman–Crippen MR) is 98.8 cm³/mol. The summed E-state index contributed by atoms with van der Waals surface area (Å²) in [6.07, 6.45) is 1.09. The van der Waals surface area contributed by atoms with E-state index in [1.165, 1.54) is 0 Å². The van der Waals surface area contributed by atoms with Crippen molar-refractivity contribution in [3.8, 4) is 0 Å². The Bertz CT molecular complexity index is 546. The summed E-state index contributed by atoms with van der Waals surface area (Å²) in [4.78, 5) is 24.7. The Hall–Kier alpha value is -1.96. The molecule has 2 amide bonds. The number of ether oxygens (including phenoxy) is 1. The van der Waals surface area contributed by atoms with Crippen molar-refractivity contribution in [3.05, 3.63) is 29.8 Å². The second-order valence-electron chi connectivity index (χ2n) is 6.38. The second kappa shape index (κ2) is 10.8. The average Bonchev–Trinajstić information content (AvgIpc) is 2.59. The van der Waals surface area contributed by atoms with Gasteiger partial charge in [0.15, 0.2) is 0 Å². The van der Waals surface area contributed by atoms with Crippen LogP contribution in [0.1, 0.15) is 32.3 Å². The van der Waals surface area contributed by atoms with Crippen molar-refractivity contribution in [2.75, 3.05) is 19.0 Å². The molecule has 140 valence electrons. The molecule has 0 saturated heterocycles. The standard InChI is InChI=1S/C18H30N4O3/c1-12(2)16(20)18(24)22-15(5-4-10-19)17(23)21-14-8-6-13(7-9-14)11-25-3/h6-9,12,15-16H,4-5,10-11,19-20H2,1-3H3,(H,21,23)(H,22,24)/t15-,16-/m0/s1. The molecule has 0 spiro atoms. The lowest BCUT2D eigenvalue weighted by Gasteiger charge is -2.22. The van der Waals surface area contributed by atoms with Gasteiger partial charge in [-0.2, -0.15) is 0 Å². The largest absolute Gasteiger partial charge is 0.380 e. The van der Waals surface area contributed by atoms with Gasteiger partial charge in [-0.25, -0.2) is 0 Å². The first-order chi connectivity index (χ1) is 11.9. The van der Waals surface area contributed by atoms with E-state index in [0.717, 1.165) is 5.56 Å². The minimum Gasteiger partial charge on any atom is -0.380 e. The fraction of sp³-hybridized carbons (Fsp3) is 0.556. The lowest BCUT2D eigenvalue weighted by atomic mass is 10.0. The average molecular weight is 350 g/mol. The molecule has 1 aromatic carbocycles. The first kappa shape index (κ1) is 21.1. The van der Waals surface area contributed by atoms with Crippen molar-refractivity contribution in [1.82, 2.24) is 5.32 Å². The van der Waals surface area contributed by atoms with Crippen LogP contribution in [-0.2, 0) is 20.9 Å². The van der Waals surface area contributed by atoms with E-state index in [1.54, 1.807) is 19.2 Å². The summed E-state index contributed by atoms with van der Waals surface area (Å²) in [5, 5.41) is 5.55. The maximum atomic E-state index is 12.5. The molecule has 0 aliphatic rings. The normalized spacial score (nSPS) is 13.4. The van der Waals surface area contributed by atoms with Gasteiger partial charge >= 0.3 is 0 Å². The number of rotatable bonds is 10. The molecule has 7 heteroatoms. The lowest BCUT2D eigenvalue weighted by Crippen LogP contribution is -2.51. The summed E-state index contributed by atoms with van der Waals surface area (Å²) < 4.78 is 5.06. The van der Waals surface area contributed by atoms with Crippen molar-refractivity contribution < 1.29 is 14.3 Å². The van der Waals surface area contributed by atoms with Gasteiger partial charge in [0.25, 0.3) is 0 Å². The molecule has 0 saturated carbocycles. The summed E-state index contributed by atoms with van der Waals surface area (Å²) in [5.41, 5.74) is 13.1. The molecule has 0 heterocycles. The van der Waals surface area contributed by atoms with E-state index in [0.29, 0.717) is 31.7 Å². The number of anilines is 1. The predicted octanol–water partition coefficient (Wildman–Crippen LogP) is 0.979. The number of nitrogens with two attached hydrogens (primary N) is 2. The van der Waals surface area contributed by atoms with Crippen LogP contribution in [0.5, 0.6) is 0 Å². The first-order valence-electron chi connectivity index (χ1n) is 8.53. The molecule has 0 unspecified atom stereocenters. The minimum atomic E-state index is -0.667. The molecule has 0 radical (unpaired) electrons. The smallest absolute Gasteiger partial charge is 0.246 e. The lowest BCUT2D eigenvalue weighted by molar-refractivity contribution is -0.128. The topological polar surface area (TPSA) is 119 Å². The Morgan fingerprint density at radius 1 is 1.16 bits per heavy atom. The molecule has 7 nitrogen and oxygen atoms in total. The minimum absolute atomic E-state index is 0.00783. The van der Waals surface area contributed by atoms with E-state index in [4.69, 9.17) is 16.2 Å². The maximum Gasteiger partial charge on any atom is 0.246 e. The number of carbonyl (C=O) groups excluding carboxylic acids is 2. The van der Waals surface area contributed by atoms with E-state index in [9.17, 15) is 9.59 Å². The molecule has 1 aromatic rings. The van der Waals surface area contributed by atoms with Gasteiger partial charge in [-0.1, -0.05) is 26.0 Å². The molecule has 6 N–H and O–H groups in total. The highest BCUT2D eigenvalue weighted by atomic mass is 16.5.